The van der Waals surface area contributed by atoms with E-state index in [0.717, 1.165) is 16.8 Å². The average molecular weight is 312 g/mol. The van der Waals surface area contributed by atoms with Crippen LogP contribution in [0.3, 0.4) is 0 Å². The Morgan fingerprint density at radius 2 is 2.00 bits per heavy atom. The maximum atomic E-state index is 12.6. The van der Waals surface area contributed by atoms with Gasteiger partial charge in [-0.2, -0.15) is 0 Å². The second kappa shape index (κ2) is 5.68. The molecule has 0 amide bonds. The zero-order chi connectivity index (χ0) is 16.6. The van der Waals surface area contributed by atoms with Crippen molar-refractivity contribution in [2.45, 2.75) is 26.7 Å². The standard InChI is InChI=1S/C16H16N4O3/c1-9-12(3-4-13(21)22)16(23)20-15(18-9)14(10(2)19-20)11-5-7-17-8-6-11/h5-8,19H,3-4H2,1-2H3,(H,21,22). The summed E-state index contributed by atoms with van der Waals surface area (Å²) < 4.78 is 1.38. The number of nitrogens with zero attached hydrogens (tertiary/aromatic N) is 3. The fraction of sp³-hybridized carbons (Fsp3) is 0.250. The summed E-state index contributed by atoms with van der Waals surface area (Å²) in [6.45, 7) is 3.60. The van der Waals surface area contributed by atoms with Crippen LogP contribution in [-0.2, 0) is 11.2 Å². The molecular formula is C16H16N4O3. The van der Waals surface area contributed by atoms with Gasteiger partial charge in [-0.15, -0.1) is 0 Å². The fourth-order valence-corrected chi connectivity index (χ4v) is 2.71. The maximum Gasteiger partial charge on any atom is 0.303 e. The molecule has 0 bridgehead atoms. The highest BCUT2D eigenvalue weighted by Gasteiger charge is 2.17. The number of H-pyrrole nitrogens is 1. The highest BCUT2D eigenvalue weighted by atomic mass is 16.4. The van der Waals surface area contributed by atoms with Gasteiger partial charge in [-0.1, -0.05) is 0 Å². The van der Waals surface area contributed by atoms with Crippen LogP contribution in [0.25, 0.3) is 16.8 Å². The molecule has 3 heterocycles. The van der Waals surface area contributed by atoms with E-state index >= 15 is 0 Å². The van der Waals surface area contributed by atoms with E-state index in [1.807, 2.05) is 19.1 Å². The summed E-state index contributed by atoms with van der Waals surface area (Å²) in [4.78, 5) is 31.9. The Morgan fingerprint density at radius 3 is 2.65 bits per heavy atom. The fourth-order valence-electron chi connectivity index (χ4n) is 2.71. The molecule has 3 aromatic rings. The zero-order valence-corrected chi connectivity index (χ0v) is 12.8. The summed E-state index contributed by atoms with van der Waals surface area (Å²) >= 11 is 0. The molecule has 7 nitrogen and oxygen atoms in total. The molecule has 0 aliphatic carbocycles. The van der Waals surface area contributed by atoms with Crippen LogP contribution in [0.15, 0.2) is 29.3 Å². The van der Waals surface area contributed by atoms with E-state index < -0.39 is 5.97 Å². The number of fused-ring (bicyclic) bond motifs is 1. The van der Waals surface area contributed by atoms with E-state index in [1.165, 1.54) is 4.52 Å². The molecule has 2 N–H and O–H groups in total. The van der Waals surface area contributed by atoms with Crippen LogP contribution in [0.4, 0.5) is 0 Å². The van der Waals surface area contributed by atoms with E-state index in [4.69, 9.17) is 5.11 Å². The summed E-state index contributed by atoms with van der Waals surface area (Å²) in [6.07, 6.45) is 3.44. The summed E-state index contributed by atoms with van der Waals surface area (Å²) in [6, 6.07) is 3.71. The molecule has 0 aliphatic rings. The van der Waals surface area contributed by atoms with E-state index in [9.17, 15) is 9.59 Å². The molecule has 0 saturated carbocycles. The predicted molar refractivity (Wildman–Crippen MR) is 84.5 cm³/mol. The van der Waals surface area contributed by atoms with Crippen molar-refractivity contribution in [3.05, 3.63) is 51.8 Å². The Labute approximate surface area is 131 Å². The number of carboxylic acid groups (broad SMARTS) is 1. The zero-order valence-electron chi connectivity index (χ0n) is 12.8. The first-order valence-electron chi connectivity index (χ1n) is 7.22. The molecule has 0 unspecified atom stereocenters. The van der Waals surface area contributed by atoms with Gasteiger partial charge in [0.2, 0.25) is 0 Å². The number of carbonyl (C=O) groups is 1. The third kappa shape index (κ3) is 2.61. The first-order valence-corrected chi connectivity index (χ1v) is 7.22. The third-order valence-electron chi connectivity index (χ3n) is 3.82. The Kier molecular flexibility index (Phi) is 3.69. The quantitative estimate of drug-likeness (QED) is 0.764. The highest BCUT2D eigenvalue weighted by molar-refractivity contribution is 5.79. The molecular weight excluding hydrogens is 296 g/mol. The first kappa shape index (κ1) is 15.0. The second-order valence-electron chi connectivity index (χ2n) is 5.38. The highest BCUT2D eigenvalue weighted by Crippen LogP contribution is 2.26. The lowest BCUT2D eigenvalue weighted by Gasteiger charge is -2.05. The molecule has 0 aliphatic heterocycles. The van der Waals surface area contributed by atoms with Crippen LogP contribution in [0, 0.1) is 13.8 Å². The van der Waals surface area contributed by atoms with Crippen molar-refractivity contribution in [2.24, 2.45) is 0 Å². The number of pyridine rings is 1. The Morgan fingerprint density at radius 1 is 1.30 bits per heavy atom. The largest absolute Gasteiger partial charge is 0.481 e. The molecule has 118 valence electrons. The van der Waals surface area contributed by atoms with Crippen molar-refractivity contribution in [1.29, 1.82) is 0 Å². The van der Waals surface area contributed by atoms with Crippen LogP contribution in [0.5, 0.6) is 0 Å². The number of aryl methyl sites for hydroxylation is 2. The lowest BCUT2D eigenvalue weighted by atomic mass is 10.1. The van der Waals surface area contributed by atoms with Crippen LogP contribution >= 0.6 is 0 Å². The Bertz CT molecular complexity index is 941. The van der Waals surface area contributed by atoms with Crippen LogP contribution in [-0.4, -0.2) is 30.7 Å². The molecule has 3 rings (SSSR count). The lowest BCUT2D eigenvalue weighted by Crippen LogP contribution is -2.22. The summed E-state index contributed by atoms with van der Waals surface area (Å²) in [5, 5.41) is 11.8. The lowest BCUT2D eigenvalue weighted by molar-refractivity contribution is -0.136. The normalized spacial score (nSPS) is 11.0. The minimum Gasteiger partial charge on any atom is -0.481 e. The average Bonchev–Trinajstić information content (AvgIpc) is 2.84. The molecule has 0 spiro atoms. The molecule has 7 heteroatoms. The van der Waals surface area contributed by atoms with Gasteiger partial charge in [0.05, 0.1) is 0 Å². The maximum absolute atomic E-state index is 12.6. The minimum atomic E-state index is -0.936. The number of aromatic nitrogens is 4. The number of rotatable bonds is 4. The van der Waals surface area contributed by atoms with Crippen LogP contribution in [0.2, 0.25) is 0 Å². The summed E-state index contributed by atoms with van der Waals surface area (Å²) in [7, 11) is 0. The molecule has 0 aromatic carbocycles. The number of hydrogen-bond acceptors (Lipinski definition) is 4. The number of nitrogens with one attached hydrogen (secondary N) is 1. The van der Waals surface area contributed by atoms with Crippen molar-refractivity contribution in [3.8, 4) is 11.1 Å². The molecule has 0 saturated heterocycles. The smallest absolute Gasteiger partial charge is 0.303 e. The van der Waals surface area contributed by atoms with Gasteiger partial charge in [0, 0.05) is 41.3 Å². The van der Waals surface area contributed by atoms with Crippen molar-refractivity contribution >= 4 is 11.6 Å². The molecule has 23 heavy (non-hydrogen) atoms. The monoisotopic (exact) mass is 312 g/mol. The van der Waals surface area contributed by atoms with Gasteiger partial charge < -0.3 is 5.11 Å². The summed E-state index contributed by atoms with van der Waals surface area (Å²) in [5.41, 5.74) is 3.85. The SMILES string of the molecule is Cc1nc2c(-c3ccncc3)c(C)[nH]n2c(=O)c1CCC(=O)O. The molecule has 0 atom stereocenters. The van der Waals surface area contributed by atoms with Crippen molar-refractivity contribution in [2.75, 3.05) is 0 Å². The van der Waals surface area contributed by atoms with Gasteiger partial charge in [0.1, 0.15) is 0 Å². The predicted octanol–water partition coefficient (Wildman–Crippen LogP) is 1.72. The molecule has 0 radical (unpaired) electrons. The number of aliphatic carboxylic acids is 1. The topological polar surface area (TPSA) is 100 Å². The summed E-state index contributed by atoms with van der Waals surface area (Å²) in [5.74, 6) is -0.936. The van der Waals surface area contributed by atoms with Gasteiger partial charge in [-0.3, -0.25) is 19.7 Å². The molecule has 3 aromatic heterocycles. The third-order valence-corrected chi connectivity index (χ3v) is 3.82. The van der Waals surface area contributed by atoms with Gasteiger partial charge in [-0.25, -0.2) is 9.50 Å². The van der Waals surface area contributed by atoms with Crippen molar-refractivity contribution < 1.29 is 9.90 Å². The van der Waals surface area contributed by atoms with Gasteiger partial charge >= 0.3 is 5.97 Å². The number of carboxylic acids is 1. The van der Waals surface area contributed by atoms with Crippen molar-refractivity contribution in [3.63, 3.8) is 0 Å². The first-order chi connectivity index (χ1) is 11.0. The van der Waals surface area contributed by atoms with Gasteiger partial charge in [-0.05, 0) is 38.0 Å². The number of hydrogen-bond donors (Lipinski definition) is 2. The van der Waals surface area contributed by atoms with E-state index in [2.05, 4.69) is 15.1 Å². The second-order valence-corrected chi connectivity index (χ2v) is 5.38. The Balaban J connectivity index is 2.22. The number of aromatic amines is 1. The van der Waals surface area contributed by atoms with Gasteiger partial charge in [0.15, 0.2) is 5.65 Å². The van der Waals surface area contributed by atoms with Gasteiger partial charge in [0.25, 0.3) is 5.56 Å². The molecule has 0 fully saturated rings. The van der Waals surface area contributed by atoms with Crippen LogP contribution in [0.1, 0.15) is 23.4 Å². The van der Waals surface area contributed by atoms with E-state index in [1.54, 1.807) is 19.3 Å². The van der Waals surface area contributed by atoms with Crippen LogP contribution < -0.4 is 5.56 Å². The van der Waals surface area contributed by atoms with Crippen molar-refractivity contribution in [1.82, 2.24) is 19.6 Å². The van der Waals surface area contributed by atoms with E-state index in [0.29, 0.717) is 16.9 Å². The Hall–Kier alpha value is -2.96. The minimum absolute atomic E-state index is 0.0965. The van der Waals surface area contributed by atoms with E-state index in [-0.39, 0.29) is 18.4 Å².